The van der Waals surface area contributed by atoms with E-state index in [1.54, 1.807) is 0 Å². The van der Waals surface area contributed by atoms with Gasteiger partial charge in [-0.15, -0.1) is 12.4 Å². The van der Waals surface area contributed by atoms with Gasteiger partial charge in [-0.25, -0.2) is 0 Å². The van der Waals surface area contributed by atoms with Crippen LogP contribution in [0.2, 0.25) is 0 Å². The van der Waals surface area contributed by atoms with Crippen LogP contribution in [-0.2, 0) is 9.53 Å². The van der Waals surface area contributed by atoms with Crippen LogP contribution in [0.3, 0.4) is 0 Å². The van der Waals surface area contributed by atoms with E-state index in [1.807, 2.05) is 0 Å². The lowest BCUT2D eigenvalue weighted by Gasteiger charge is -2.41. The van der Waals surface area contributed by atoms with E-state index in [4.69, 9.17) is 10.5 Å². The summed E-state index contributed by atoms with van der Waals surface area (Å²) in [6.07, 6.45) is 10.8. The van der Waals surface area contributed by atoms with Crippen molar-refractivity contribution >= 4 is 18.3 Å². The maximum atomic E-state index is 12.7. The Morgan fingerprint density at radius 1 is 1.09 bits per heavy atom. The third-order valence-corrected chi connectivity index (χ3v) is 6.20. The Morgan fingerprint density at radius 3 is 2.45 bits per heavy atom. The molecule has 2 aliphatic carbocycles. The molecule has 0 aromatic heterocycles. The smallest absolute Gasteiger partial charge is 0.227 e. The summed E-state index contributed by atoms with van der Waals surface area (Å²) in [5, 5.41) is 3.34. The Bertz CT molecular complexity index is 372. The molecule has 3 fully saturated rings. The molecule has 3 unspecified atom stereocenters. The zero-order valence-electron chi connectivity index (χ0n) is 13.5. The molecule has 5 heteroatoms. The average molecular weight is 331 g/mol. The van der Waals surface area contributed by atoms with Gasteiger partial charge in [-0.2, -0.15) is 0 Å². The predicted octanol–water partition coefficient (Wildman–Crippen LogP) is 2.64. The third kappa shape index (κ3) is 3.77. The summed E-state index contributed by atoms with van der Waals surface area (Å²) in [7, 11) is 0. The second kappa shape index (κ2) is 7.98. The molecule has 0 spiro atoms. The molecule has 128 valence electrons. The first kappa shape index (κ1) is 18.0. The molecule has 3 rings (SSSR count). The van der Waals surface area contributed by atoms with Crippen LogP contribution in [-0.4, -0.2) is 31.7 Å². The van der Waals surface area contributed by atoms with Crippen LogP contribution in [0.25, 0.3) is 0 Å². The second-order valence-electron chi connectivity index (χ2n) is 7.38. The van der Waals surface area contributed by atoms with E-state index in [1.165, 1.54) is 38.5 Å². The van der Waals surface area contributed by atoms with Gasteiger partial charge in [0.25, 0.3) is 0 Å². The van der Waals surface area contributed by atoms with Gasteiger partial charge in [0.1, 0.15) is 0 Å². The van der Waals surface area contributed by atoms with Crippen LogP contribution in [0.4, 0.5) is 0 Å². The number of carbonyl (C=O) groups excluding carboxylic acids is 1. The van der Waals surface area contributed by atoms with Crippen molar-refractivity contribution < 1.29 is 9.53 Å². The van der Waals surface area contributed by atoms with Gasteiger partial charge in [-0.3, -0.25) is 4.79 Å². The Labute approximate surface area is 140 Å². The van der Waals surface area contributed by atoms with Crippen molar-refractivity contribution in [2.45, 2.75) is 63.8 Å². The van der Waals surface area contributed by atoms with Gasteiger partial charge in [-0.1, -0.05) is 25.7 Å². The standard InChI is InChI=1S/C17H30N2O2.ClH/c18-12-17(7-9-21-10-8-17)16(20)19-15-6-5-13-3-1-2-4-14(13)11-15;/h13-15H,1-12,18H2,(H,19,20);1H. The van der Waals surface area contributed by atoms with Crippen molar-refractivity contribution in [3.05, 3.63) is 0 Å². The lowest BCUT2D eigenvalue weighted by Crippen LogP contribution is -2.53. The average Bonchev–Trinajstić information content (AvgIpc) is 2.55. The molecule has 0 bridgehead atoms. The minimum absolute atomic E-state index is 0. The Kier molecular flexibility index (Phi) is 6.54. The summed E-state index contributed by atoms with van der Waals surface area (Å²) in [6, 6.07) is 0.378. The van der Waals surface area contributed by atoms with E-state index in [9.17, 15) is 4.79 Å². The molecule has 22 heavy (non-hydrogen) atoms. The van der Waals surface area contributed by atoms with Crippen LogP contribution in [0, 0.1) is 17.3 Å². The number of amides is 1. The largest absolute Gasteiger partial charge is 0.381 e. The van der Waals surface area contributed by atoms with Gasteiger partial charge in [-0.05, 0) is 43.9 Å². The van der Waals surface area contributed by atoms with Crippen LogP contribution < -0.4 is 11.1 Å². The van der Waals surface area contributed by atoms with Crippen LogP contribution >= 0.6 is 12.4 Å². The summed E-state index contributed by atoms with van der Waals surface area (Å²) in [6.45, 7) is 1.78. The molecule has 0 aromatic carbocycles. The Balaban J connectivity index is 0.00000176. The van der Waals surface area contributed by atoms with Gasteiger partial charge in [0.2, 0.25) is 5.91 Å². The van der Waals surface area contributed by atoms with Gasteiger partial charge in [0.05, 0.1) is 5.41 Å². The fourth-order valence-corrected chi connectivity index (χ4v) is 4.63. The van der Waals surface area contributed by atoms with E-state index in [2.05, 4.69) is 5.32 Å². The summed E-state index contributed by atoms with van der Waals surface area (Å²) in [5.41, 5.74) is 5.56. The van der Waals surface area contributed by atoms with E-state index >= 15 is 0 Å². The molecular formula is C17H31ClN2O2. The fraction of sp³-hybridized carbons (Fsp3) is 0.941. The molecule has 2 saturated carbocycles. The topological polar surface area (TPSA) is 64.4 Å². The number of halogens is 1. The van der Waals surface area contributed by atoms with Crippen molar-refractivity contribution in [2.75, 3.05) is 19.8 Å². The van der Waals surface area contributed by atoms with Gasteiger partial charge >= 0.3 is 0 Å². The number of nitrogens with two attached hydrogens (primary N) is 1. The monoisotopic (exact) mass is 330 g/mol. The fourth-order valence-electron chi connectivity index (χ4n) is 4.63. The van der Waals surface area contributed by atoms with Crippen LogP contribution in [0.15, 0.2) is 0 Å². The number of carbonyl (C=O) groups is 1. The lowest BCUT2D eigenvalue weighted by molar-refractivity contribution is -0.137. The highest BCUT2D eigenvalue weighted by molar-refractivity contribution is 5.85. The first-order chi connectivity index (χ1) is 10.2. The molecule has 1 aliphatic heterocycles. The zero-order chi connectivity index (χ0) is 14.7. The van der Waals surface area contributed by atoms with Crippen LogP contribution in [0.1, 0.15) is 57.8 Å². The molecule has 0 aromatic rings. The molecule has 3 N–H and O–H groups in total. The van der Waals surface area contributed by atoms with Gasteiger partial charge in [0.15, 0.2) is 0 Å². The lowest BCUT2D eigenvalue weighted by atomic mass is 9.69. The highest BCUT2D eigenvalue weighted by Gasteiger charge is 2.41. The number of ether oxygens (including phenoxy) is 1. The van der Waals surface area contributed by atoms with Crippen molar-refractivity contribution in [1.82, 2.24) is 5.32 Å². The molecule has 3 aliphatic rings. The minimum Gasteiger partial charge on any atom is -0.381 e. The SMILES string of the molecule is Cl.NCC1(C(=O)NC2CCC3CCCCC3C2)CCOCC1. The number of nitrogens with one attached hydrogen (secondary N) is 1. The molecule has 1 heterocycles. The van der Waals surface area contributed by atoms with Crippen molar-refractivity contribution in [2.24, 2.45) is 23.0 Å². The zero-order valence-corrected chi connectivity index (χ0v) is 14.3. The first-order valence-corrected chi connectivity index (χ1v) is 8.82. The van der Waals surface area contributed by atoms with Gasteiger partial charge in [0, 0.05) is 25.8 Å². The van der Waals surface area contributed by atoms with E-state index in [-0.39, 0.29) is 23.7 Å². The molecule has 4 nitrogen and oxygen atoms in total. The van der Waals surface area contributed by atoms with Crippen LogP contribution in [0.5, 0.6) is 0 Å². The summed E-state index contributed by atoms with van der Waals surface area (Å²) in [5.74, 6) is 1.97. The summed E-state index contributed by atoms with van der Waals surface area (Å²) >= 11 is 0. The first-order valence-electron chi connectivity index (χ1n) is 8.82. The minimum atomic E-state index is -0.373. The van der Waals surface area contributed by atoms with Crippen molar-refractivity contribution in [3.63, 3.8) is 0 Å². The van der Waals surface area contributed by atoms with Crippen molar-refractivity contribution in [1.29, 1.82) is 0 Å². The molecule has 3 atom stereocenters. The third-order valence-electron chi connectivity index (χ3n) is 6.20. The maximum absolute atomic E-state index is 12.7. The van der Waals surface area contributed by atoms with E-state index in [0.717, 1.165) is 31.1 Å². The molecular weight excluding hydrogens is 300 g/mol. The number of hydrogen-bond donors (Lipinski definition) is 2. The maximum Gasteiger partial charge on any atom is 0.227 e. The highest BCUT2D eigenvalue weighted by Crippen LogP contribution is 2.40. The van der Waals surface area contributed by atoms with Crippen molar-refractivity contribution in [3.8, 4) is 0 Å². The number of hydrogen-bond acceptors (Lipinski definition) is 3. The van der Waals surface area contributed by atoms with Gasteiger partial charge < -0.3 is 15.8 Å². The van der Waals surface area contributed by atoms with E-state index < -0.39 is 0 Å². The molecule has 0 radical (unpaired) electrons. The second-order valence-corrected chi connectivity index (χ2v) is 7.38. The normalized spacial score (nSPS) is 34.1. The predicted molar refractivity (Wildman–Crippen MR) is 90.0 cm³/mol. The number of rotatable bonds is 3. The van der Waals surface area contributed by atoms with E-state index in [0.29, 0.717) is 25.8 Å². The Morgan fingerprint density at radius 2 is 1.77 bits per heavy atom. The molecule has 1 amide bonds. The summed E-state index contributed by atoms with van der Waals surface area (Å²) < 4.78 is 5.40. The summed E-state index contributed by atoms with van der Waals surface area (Å²) in [4.78, 5) is 12.7. The molecule has 1 saturated heterocycles. The Hall–Kier alpha value is -0.320. The highest BCUT2D eigenvalue weighted by atomic mass is 35.5. The quantitative estimate of drug-likeness (QED) is 0.836. The number of fused-ring (bicyclic) bond motifs is 1.